The minimum absolute atomic E-state index is 0.0639. The molecule has 0 bridgehead atoms. The zero-order valence-electron chi connectivity index (χ0n) is 15.4. The Labute approximate surface area is 175 Å². The highest BCUT2D eigenvalue weighted by Crippen LogP contribution is 2.17. The van der Waals surface area contributed by atoms with Gasteiger partial charge in [-0.15, -0.1) is 0 Å². The molecular weight excluding hydrogens is 432 g/mol. The van der Waals surface area contributed by atoms with Gasteiger partial charge in [0.15, 0.2) is 5.78 Å². The van der Waals surface area contributed by atoms with Gasteiger partial charge in [0.2, 0.25) is 0 Å². The molecule has 4 rings (SSSR count). The zero-order valence-corrected chi connectivity index (χ0v) is 17.0. The minimum atomic E-state index is -0.355. The Morgan fingerprint density at radius 2 is 1.76 bits per heavy atom. The highest BCUT2D eigenvalue weighted by Gasteiger charge is 2.13. The first kappa shape index (κ1) is 19.1. The largest absolute Gasteiger partial charge is 0.489 e. The molecule has 4 aromatic rings. The van der Waals surface area contributed by atoms with Crippen molar-refractivity contribution in [2.45, 2.75) is 13.0 Å². The summed E-state index contributed by atoms with van der Waals surface area (Å²) in [5.41, 5.74) is 2.69. The number of carbonyl (C=O) groups excluding carboxylic acids is 1. The zero-order chi connectivity index (χ0) is 20.2. The summed E-state index contributed by atoms with van der Waals surface area (Å²) in [4.78, 5) is 32.0. The number of hydrogen-bond donors (Lipinski definition) is 1. The lowest BCUT2D eigenvalue weighted by Crippen LogP contribution is -2.19. The molecule has 1 aromatic heterocycles. The summed E-state index contributed by atoms with van der Waals surface area (Å²) in [6.07, 6.45) is -0.0639. The lowest BCUT2D eigenvalue weighted by Gasteiger charge is -2.07. The molecular formula is C23H17BrN2O3. The molecule has 1 N–H and O–H groups in total. The number of nitrogens with zero attached hydrogens (tertiary/aromatic N) is 1. The lowest BCUT2D eigenvalue weighted by atomic mass is 10.1. The molecule has 0 radical (unpaired) electrons. The predicted octanol–water partition coefficient (Wildman–Crippen LogP) is 4.69. The summed E-state index contributed by atoms with van der Waals surface area (Å²) in [5.74, 6) is 0.506. The van der Waals surface area contributed by atoms with Gasteiger partial charge in [0.1, 0.15) is 18.1 Å². The van der Waals surface area contributed by atoms with Crippen LogP contribution in [-0.4, -0.2) is 15.8 Å². The predicted molar refractivity (Wildman–Crippen MR) is 115 cm³/mol. The molecule has 0 atom stereocenters. The van der Waals surface area contributed by atoms with Crippen LogP contribution in [0.25, 0.3) is 11.0 Å². The van der Waals surface area contributed by atoms with Crippen molar-refractivity contribution >= 4 is 32.7 Å². The van der Waals surface area contributed by atoms with Gasteiger partial charge < -0.3 is 9.72 Å². The van der Waals surface area contributed by atoms with Crippen LogP contribution in [0.1, 0.15) is 21.6 Å². The molecule has 144 valence electrons. The molecule has 0 aliphatic rings. The number of Topliss-reactive ketones (excluding diaryl/α,β-unsaturated/α-hetero) is 1. The molecule has 0 aliphatic carbocycles. The lowest BCUT2D eigenvalue weighted by molar-refractivity contribution is 0.0991. The van der Waals surface area contributed by atoms with Crippen LogP contribution in [-0.2, 0) is 13.0 Å². The average Bonchev–Trinajstić information content (AvgIpc) is 2.74. The fourth-order valence-corrected chi connectivity index (χ4v) is 3.31. The third-order valence-electron chi connectivity index (χ3n) is 4.48. The summed E-state index contributed by atoms with van der Waals surface area (Å²) >= 11 is 3.36. The van der Waals surface area contributed by atoms with Crippen molar-refractivity contribution < 1.29 is 9.53 Å². The summed E-state index contributed by atoms with van der Waals surface area (Å²) < 4.78 is 6.59. The first-order chi connectivity index (χ1) is 14.1. The molecule has 0 amide bonds. The van der Waals surface area contributed by atoms with Gasteiger partial charge in [-0.25, -0.2) is 4.98 Å². The molecule has 0 spiro atoms. The van der Waals surface area contributed by atoms with Gasteiger partial charge in [0, 0.05) is 10.0 Å². The van der Waals surface area contributed by atoms with E-state index in [4.69, 9.17) is 4.74 Å². The number of aromatic amines is 1. The molecule has 3 aromatic carbocycles. The fraction of sp³-hybridized carbons (Fsp3) is 0.0870. The average molecular weight is 449 g/mol. The maximum Gasteiger partial charge on any atom is 0.270 e. The first-order valence-corrected chi connectivity index (χ1v) is 9.86. The van der Waals surface area contributed by atoms with Crippen LogP contribution in [0.4, 0.5) is 0 Å². The quantitative estimate of drug-likeness (QED) is 0.434. The van der Waals surface area contributed by atoms with Gasteiger partial charge in [0.25, 0.3) is 5.56 Å². The van der Waals surface area contributed by atoms with E-state index in [1.54, 1.807) is 36.4 Å². The van der Waals surface area contributed by atoms with E-state index in [1.807, 2.05) is 36.4 Å². The van der Waals surface area contributed by atoms with Crippen molar-refractivity contribution in [1.82, 2.24) is 9.97 Å². The van der Waals surface area contributed by atoms with Crippen molar-refractivity contribution in [2.24, 2.45) is 0 Å². The van der Waals surface area contributed by atoms with Crippen LogP contribution >= 0.6 is 15.9 Å². The van der Waals surface area contributed by atoms with Gasteiger partial charge in [-0.3, -0.25) is 9.59 Å². The number of hydrogen-bond acceptors (Lipinski definition) is 4. The summed E-state index contributed by atoms with van der Waals surface area (Å²) in [5, 5.41) is 0. The number of aromatic nitrogens is 2. The molecule has 0 saturated heterocycles. The maximum absolute atomic E-state index is 12.6. The number of benzene rings is 3. The van der Waals surface area contributed by atoms with E-state index in [-0.39, 0.29) is 23.5 Å². The van der Waals surface area contributed by atoms with E-state index in [1.165, 1.54) is 0 Å². The maximum atomic E-state index is 12.6. The van der Waals surface area contributed by atoms with E-state index < -0.39 is 0 Å². The summed E-state index contributed by atoms with van der Waals surface area (Å²) in [6.45, 7) is 0.459. The second-order valence-corrected chi connectivity index (χ2v) is 7.49. The Bertz CT molecular complexity index is 1220. The molecule has 0 saturated carbocycles. The molecule has 0 aliphatic heterocycles. The molecule has 29 heavy (non-hydrogen) atoms. The number of H-pyrrole nitrogens is 1. The molecule has 0 unspecified atom stereocenters. The van der Waals surface area contributed by atoms with Gasteiger partial charge in [-0.1, -0.05) is 46.3 Å². The van der Waals surface area contributed by atoms with Crippen molar-refractivity contribution in [2.75, 3.05) is 0 Å². The first-order valence-electron chi connectivity index (χ1n) is 9.07. The number of rotatable bonds is 6. The molecule has 1 heterocycles. The fourth-order valence-electron chi connectivity index (χ4n) is 2.95. The third kappa shape index (κ3) is 4.60. The van der Waals surface area contributed by atoms with Crippen LogP contribution in [0.15, 0.2) is 82.1 Å². The Balaban J connectivity index is 1.46. The Hall–Kier alpha value is -3.25. The number of ether oxygens (including phenoxy) is 1. The van der Waals surface area contributed by atoms with Crippen molar-refractivity contribution in [1.29, 1.82) is 0 Å². The van der Waals surface area contributed by atoms with E-state index in [9.17, 15) is 9.59 Å². The Morgan fingerprint density at radius 3 is 2.52 bits per heavy atom. The van der Waals surface area contributed by atoms with E-state index >= 15 is 0 Å². The van der Waals surface area contributed by atoms with E-state index in [2.05, 4.69) is 25.9 Å². The second-order valence-electron chi connectivity index (χ2n) is 6.57. The smallest absolute Gasteiger partial charge is 0.270 e. The van der Waals surface area contributed by atoms with Crippen LogP contribution in [0.2, 0.25) is 0 Å². The highest BCUT2D eigenvalue weighted by atomic mass is 79.9. The summed E-state index contributed by atoms with van der Waals surface area (Å²) in [6, 6.07) is 22.2. The second kappa shape index (κ2) is 8.41. The molecule has 0 fully saturated rings. The third-order valence-corrected chi connectivity index (χ3v) is 4.97. The normalized spacial score (nSPS) is 10.8. The summed E-state index contributed by atoms with van der Waals surface area (Å²) in [7, 11) is 0. The van der Waals surface area contributed by atoms with Gasteiger partial charge in [0.05, 0.1) is 17.5 Å². The number of fused-ring (bicyclic) bond motifs is 1. The number of halogens is 1. The molecule has 5 nitrogen and oxygen atoms in total. The van der Waals surface area contributed by atoms with Crippen LogP contribution < -0.4 is 10.3 Å². The van der Waals surface area contributed by atoms with Crippen molar-refractivity contribution in [3.8, 4) is 5.75 Å². The minimum Gasteiger partial charge on any atom is -0.489 e. The highest BCUT2D eigenvalue weighted by molar-refractivity contribution is 9.10. The standard InChI is InChI=1S/C23H17BrN2O3/c24-17-8-11-19-20(12-17)26-23(28)21(25-19)13-22(27)16-6-9-18(10-7-16)29-14-15-4-2-1-3-5-15/h1-12H,13-14H2,(H,26,28). The van der Waals surface area contributed by atoms with Crippen LogP contribution in [0.5, 0.6) is 5.75 Å². The molecule has 6 heteroatoms. The topological polar surface area (TPSA) is 72.0 Å². The van der Waals surface area contributed by atoms with E-state index in [0.29, 0.717) is 29.0 Å². The Kier molecular flexibility index (Phi) is 5.53. The van der Waals surface area contributed by atoms with Crippen LogP contribution in [0, 0.1) is 0 Å². The van der Waals surface area contributed by atoms with Gasteiger partial charge in [-0.2, -0.15) is 0 Å². The van der Waals surface area contributed by atoms with Crippen LogP contribution in [0.3, 0.4) is 0 Å². The Morgan fingerprint density at radius 1 is 1.00 bits per heavy atom. The number of carbonyl (C=O) groups is 1. The van der Waals surface area contributed by atoms with E-state index in [0.717, 1.165) is 10.0 Å². The van der Waals surface area contributed by atoms with Crippen molar-refractivity contribution in [3.05, 3.63) is 104 Å². The van der Waals surface area contributed by atoms with Gasteiger partial charge >= 0.3 is 0 Å². The van der Waals surface area contributed by atoms with Crippen molar-refractivity contribution in [3.63, 3.8) is 0 Å². The number of ketones is 1. The SMILES string of the molecule is O=C(Cc1nc2ccc(Br)cc2[nH]c1=O)c1ccc(OCc2ccccc2)cc1. The number of nitrogens with one attached hydrogen (secondary N) is 1. The monoisotopic (exact) mass is 448 g/mol. The van der Waals surface area contributed by atoms with Gasteiger partial charge in [-0.05, 0) is 48.0 Å².